The van der Waals surface area contributed by atoms with E-state index in [0.29, 0.717) is 12.0 Å². The molecule has 1 rings (SSSR count). The number of aromatic nitrogens is 2. The molecular formula is C7H13N3S. The molecule has 0 aliphatic rings. The average Bonchev–Trinajstić information content (AvgIpc) is 2.39. The summed E-state index contributed by atoms with van der Waals surface area (Å²) in [4.78, 5) is 0. The third kappa shape index (κ3) is 2.46. The number of hydrogen-bond donors (Lipinski definition) is 1. The second-order valence-electron chi connectivity index (χ2n) is 2.92. The van der Waals surface area contributed by atoms with Crippen LogP contribution in [0.1, 0.15) is 20.8 Å². The molecule has 0 aliphatic heterocycles. The van der Waals surface area contributed by atoms with E-state index in [0.717, 1.165) is 5.13 Å². The maximum absolute atomic E-state index is 3.90. The smallest absolute Gasteiger partial charge is 0.205 e. The Morgan fingerprint density at radius 2 is 2.18 bits per heavy atom. The highest BCUT2D eigenvalue weighted by Crippen LogP contribution is 2.12. The Bertz CT molecular complexity index is 195. The first kappa shape index (κ1) is 8.46. The highest BCUT2D eigenvalue weighted by molar-refractivity contribution is 7.13. The van der Waals surface area contributed by atoms with Crippen LogP contribution < -0.4 is 5.32 Å². The van der Waals surface area contributed by atoms with Gasteiger partial charge in [-0.2, -0.15) is 0 Å². The molecule has 0 saturated heterocycles. The Balaban J connectivity index is 2.43. The Hall–Kier alpha value is -0.640. The van der Waals surface area contributed by atoms with Gasteiger partial charge < -0.3 is 5.32 Å². The van der Waals surface area contributed by atoms with E-state index < -0.39 is 0 Å². The molecule has 0 saturated carbocycles. The minimum atomic E-state index is 0.461. The maximum atomic E-state index is 3.90. The van der Waals surface area contributed by atoms with E-state index in [1.807, 2.05) is 0 Å². The lowest BCUT2D eigenvalue weighted by Gasteiger charge is -2.15. The highest BCUT2D eigenvalue weighted by Gasteiger charge is 2.07. The van der Waals surface area contributed by atoms with Gasteiger partial charge in [-0.1, -0.05) is 25.2 Å². The fourth-order valence-corrected chi connectivity index (χ4v) is 1.14. The van der Waals surface area contributed by atoms with Gasteiger partial charge in [0.25, 0.3) is 0 Å². The molecule has 11 heavy (non-hydrogen) atoms. The zero-order valence-electron chi connectivity index (χ0n) is 7.03. The monoisotopic (exact) mass is 171 g/mol. The van der Waals surface area contributed by atoms with Crippen molar-refractivity contribution in [2.24, 2.45) is 5.92 Å². The van der Waals surface area contributed by atoms with Crippen LogP contribution in [0.15, 0.2) is 5.51 Å². The third-order valence-corrected chi connectivity index (χ3v) is 2.33. The van der Waals surface area contributed by atoms with Crippen LogP contribution in [-0.4, -0.2) is 16.2 Å². The van der Waals surface area contributed by atoms with Gasteiger partial charge in [0.2, 0.25) is 5.13 Å². The molecule has 4 heteroatoms. The van der Waals surface area contributed by atoms with Crippen LogP contribution in [0.2, 0.25) is 0 Å². The van der Waals surface area contributed by atoms with Crippen LogP contribution in [-0.2, 0) is 0 Å². The first-order chi connectivity index (χ1) is 5.20. The van der Waals surface area contributed by atoms with Crippen molar-refractivity contribution in [3.8, 4) is 0 Å². The molecule has 0 radical (unpaired) electrons. The zero-order chi connectivity index (χ0) is 8.27. The number of rotatable bonds is 3. The Morgan fingerprint density at radius 1 is 1.45 bits per heavy atom. The van der Waals surface area contributed by atoms with E-state index in [1.165, 1.54) is 11.3 Å². The number of anilines is 1. The quantitative estimate of drug-likeness (QED) is 0.755. The molecule has 1 heterocycles. The summed E-state index contributed by atoms with van der Waals surface area (Å²) in [6, 6.07) is 0.461. The van der Waals surface area contributed by atoms with Crippen molar-refractivity contribution in [1.29, 1.82) is 0 Å². The van der Waals surface area contributed by atoms with Gasteiger partial charge in [0, 0.05) is 6.04 Å². The summed E-state index contributed by atoms with van der Waals surface area (Å²) in [5, 5.41) is 11.8. The molecule has 1 aromatic rings. The first-order valence-corrected chi connectivity index (χ1v) is 4.61. The van der Waals surface area contributed by atoms with Gasteiger partial charge in [-0.3, -0.25) is 0 Å². The third-order valence-electron chi connectivity index (χ3n) is 1.71. The fraction of sp³-hybridized carbons (Fsp3) is 0.714. The van der Waals surface area contributed by atoms with Crippen LogP contribution in [0.4, 0.5) is 5.13 Å². The maximum Gasteiger partial charge on any atom is 0.205 e. The van der Waals surface area contributed by atoms with Gasteiger partial charge in [0.15, 0.2) is 0 Å². The molecule has 3 nitrogen and oxygen atoms in total. The number of hydrogen-bond acceptors (Lipinski definition) is 4. The lowest BCUT2D eigenvalue weighted by Crippen LogP contribution is -2.21. The van der Waals surface area contributed by atoms with E-state index in [2.05, 4.69) is 36.3 Å². The predicted molar refractivity (Wildman–Crippen MR) is 47.8 cm³/mol. The van der Waals surface area contributed by atoms with Crippen LogP contribution in [0, 0.1) is 5.92 Å². The number of nitrogens with zero attached hydrogens (tertiary/aromatic N) is 2. The van der Waals surface area contributed by atoms with E-state index in [4.69, 9.17) is 0 Å². The number of nitrogens with one attached hydrogen (secondary N) is 1. The van der Waals surface area contributed by atoms with Gasteiger partial charge in [-0.05, 0) is 12.8 Å². The molecule has 0 bridgehead atoms. The summed E-state index contributed by atoms with van der Waals surface area (Å²) in [6.07, 6.45) is 0. The van der Waals surface area contributed by atoms with Crippen molar-refractivity contribution < 1.29 is 0 Å². The lowest BCUT2D eigenvalue weighted by atomic mass is 10.1. The molecule has 1 atom stereocenters. The van der Waals surface area contributed by atoms with Gasteiger partial charge >= 0.3 is 0 Å². The van der Waals surface area contributed by atoms with Crippen molar-refractivity contribution in [3.63, 3.8) is 0 Å². The topological polar surface area (TPSA) is 37.8 Å². The predicted octanol–water partition coefficient (Wildman–Crippen LogP) is 1.99. The zero-order valence-corrected chi connectivity index (χ0v) is 7.85. The van der Waals surface area contributed by atoms with Crippen LogP contribution in [0.25, 0.3) is 0 Å². The summed E-state index contributed by atoms with van der Waals surface area (Å²) in [6.45, 7) is 6.50. The lowest BCUT2D eigenvalue weighted by molar-refractivity contribution is 0.559. The molecule has 1 N–H and O–H groups in total. The van der Waals surface area contributed by atoms with Crippen LogP contribution in [0.3, 0.4) is 0 Å². The Labute approximate surface area is 70.9 Å². The van der Waals surface area contributed by atoms with Crippen LogP contribution >= 0.6 is 11.3 Å². The fourth-order valence-electron chi connectivity index (χ4n) is 0.597. The summed E-state index contributed by atoms with van der Waals surface area (Å²) >= 11 is 1.54. The van der Waals surface area contributed by atoms with Gasteiger partial charge in [-0.25, -0.2) is 0 Å². The van der Waals surface area contributed by atoms with Crippen molar-refractivity contribution >= 4 is 16.5 Å². The SMILES string of the molecule is CC(C)C(C)Nc1nncs1. The van der Waals surface area contributed by atoms with E-state index in [1.54, 1.807) is 5.51 Å². The first-order valence-electron chi connectivity index (χ1n) is 3.73. The Morgan fingerprint density at radius 3 is 2.64 bits per heavy atom. The van der Waals surface area contributed by atoms with Crippen molar-refractivity contribution in [1.82, 2.24) is 10.2 Å². The molecule has 0 aliphatic carbocycles. The molecule has 0 spiro atoms. The van der Waals surface area contributed by atoms with Crippen LogP contribution in [0.5, 0.6) is 0 Å². The molecule has 0 fully saturated rings. The summed E-state index contributed by atoms with van der Waals surface area (Å²) in [5.41, 5.74) is 1.73. The second kappa shape index (κ2) is 3.67. The van der Waals surface area contributed by atoms with Gasteiger partial charge in [0.05, 0.1) is 0 Å². The van der Waals surface area contributed by atoms with Gasteiger partial charge in [0.1, 0.15) is 5.51 Å². The highest BCUT2D eigenvalue weighted by atomic mass is 32.1. The Kier molecular flexibility index (Phi) is 2.82. The summed E-state index contributed by atoms with van der Waals surface area (Å²) in [7, 11) is 0. The summed E-state index contributed by atoms with van der Waals surface area (Å²) < 4.78 is 0. The van der Waals surface area contributed by atoms with Crippen molar-refractivity contribution in [2.75, 3.05) is 5.32 Å². The second-order valence-corrected chi connectivity index (χ2v) is 3.75. The summed E-state index contributed by atoms with van der Waals surface area (Å²) in [5.74, 6) is 0.624. The molecule has 0 amide bonds. The molecule has 62 valence electrons. The van der Waals surface area contributed by atoms with E-state index in [9.17, 15) is 0 Å². The normalized spacial score (nSPS) is 13.5. The average molecular weight is 171 g/mol. The minimum absolute atomic E-state index is 0.461. The van der Waals surface area contributed by atoms with E-state index in [-0.39, 0.29) is 0 Å². The standard InChI is InChI=1S/C7H13N3S/c1-5(2)6(3)9-7-10-8-4-11-7/h4-6H,1-3H3,(H,9,10). The molecule has 1 aromatic heterocycles. The van der Waals surface area contributed by atoms with Crippen molar-refractivity contribution in [3.05, 3.63) is 5.51 Å². The molecule has 0 aromatic carbocycles. The van der Waals surface area contributed by atoms with Crippen molar-refractivity contribution in [2.45, 2.75) is 26.8 Å². The molecule has 1 unspecified atom stereocenters. The molecular weight excluding hydrogens is 158 g/mol. The minimum Gasteiger partial charge on any atom is -0.357 e. The van der Waals surface area contributed by atoms with E-state index >= 15 is 0 Å². The van der Waals surface area contributed by atoms with Gasteiger partial charge in [-0.15, -0.1) is 10.2 Å². The largest absolute Gasteiger partial charge is 0.357 e.